The quantitative estimate of drug-likeness (QED) is 0.866. The maximum atomic E-state index is 13.0. The molecular weight excluding hydrogens is 273 g/mol. The van der Waals surface area contributed by atoms with Crippen LogP contribution < -0.4 is 5.32 Å². The minimum Gasteiger partial charge on any atom is -0.508 e. The van der Waals surface area contributed by atoms with Gasteiger partial charge in [0.15, 0.2) is 0 Å². The second-order valence-electron chi connectivity index (χ2n) is 5.21. The molecular formula is C16H20FNOS. The number of aromatic hydroxyl groups is 1. The number of rotatable bonds is 5. The summed E-state index contributed by atoms with van der Waals surface area (Å²) in [6, 6.07) is 8.70. The topological polar surface area (TPSA) is 32.3 Å². The number of phenolic OH excluding ortho intramolecular Hbond substituents is 1. The van der Waals surface area contributed by atoms with Crippen molar-refractivity contribution in [3.63, 3.8) is 0 Å². The van der Waals surface area contributed by atoms with Crippen molar-refractivity contribution >= 4 is 11.3 Å². The van der Waals surface area contributed by atoms with Gasteiger partial charge in [0.2, 0.25) is 0 Å². The standard InChI is InChI=1S/C16H20FNOS/c1-10(8-14-6-4-11(2)20-14)18-12(3)15-7-5-13(17)9-16(15)19/h4-7,9-10,12,18-19H,8H2,1-3H3. The number of halogens is 1. The number of hydrogen-bond acceptors (Lipinski definition) is 3. The van der Waals surface area contributed by atoms with E-state index in [4.69, 9.17) is 0 Å². The van der Waals surface area contributed by atoms with Crippen molar-refractivity contribution in [2.75, 3.05) is 0 Å². The molecule has 2 nitrogen and oxygen atoms in total. The van der Waals surface area contributed by atoms with Crippen LogP contribution in [0.15, 0.2) is 30.3 Å². The Balaban J connectivity index is 1.98. The van der Waals surface area contributed by atoms with E-state index >= 15 is 0 Å². The first kappa shape index (κ1) is 15.0. The molecule has 0 saturated carbocycles. The molecule has 0 fully saturated rings. The SMILES string of the molecule is Cc1ccc(CC(C)NC(C)c2ccc(F)cc2O)s1. The van der Waals surface area contributed by atoms with E-state index in [0.717, 1.165) is 18.1 Å². The van der Waals surface area contributed by atoms with Gasteiger partial charge >= 0.3 is 0 Å². The Morgan fingerprint density at radius 1 is 1.25 bits per heavy atom. The second-order valence-corrected chi connectivity index (χ2v) is 6.58. The maximum absolute atomic E-state index is 13.0. The van der Waals surface area contributed by atoms with E-state index in [9.17, 15) is 9.50 Å². The molecule has 108 valence electrons. The van der Waals surface area contributed by atoms with Crippen LogP contribution in [0.4, 0.5) is 4.39 Å². The van der Waals surface area contributed by atoms with Crippen LogP contribution in [0, 0.1) is 12.7 Å². The lowest BCUT2D eigenvalue weighted by Crippen LogP contribution is -2.30. The lowest BCUT2D eigenvalue weighted by Gasteiger charge is -2.20. The molecule has 2 atom stereocenters. The highest BCUT2D eigenvalue weighted by Gasteiger charge is 2.14. The van der Waals surface area contributed by atoms with Crippen molar-refractivity contribution in [2.45, 2.75) is 39.3 Å². The molecule has 2 rings (SSSR count). The van der Waals surface area contributed by atoms with Crippen molar-refractivity contribution in [1.82, 2.24) is 5.32 Å². The summed E-state index contributed by atoms with van der Waals surface area (Å²) in [5, 5.41) is 13.2. The van der Waals surface area contributed by atoms with Gasteiger partial charge in [-0.15, -0.1) is 11.3 Å². The van der Waals surface area contributed by atoms with Crippen LogP contribution in [0.2, 0.25) is 0 Å². The number of aryl methyl sites for hydroxylation is 1. The maximum Gasteiger partial charge on any atom is 0.126 e. The summed E-state index contributed by atoms with van der Waals surface area (Å²) in [6.07, 6.45) is 0.949. The van der Waals surface area contributed by atoms with E-state index in [1.54, 1.807) is 17.4 Å². The highest BCUT2D eigenvalue weighted by molar-refractivity contribution is 7.11. The lowest BCUT2D eigenvalue weighted by molar-refractivity contribution is 0.430. The number of benzene rings is 1. The predicted octanol–water partition coefficient (Wildman–Crippen LogP) is 4.18. The minimum absolute atomic E-state index is 0.00386. The molecule has 1 aromatic carbocycles. The highest BCUT2D eigenvalue weighted by atomic mass is 32.1. The monoisotopic (exact) mass is 293 g/mol. The molecule has 0 amide bonds. The van der Waals surface area contributed by atoms with Crippen molar-refractivity contribution in [3.8, 4) is 5.75 Å². The Kier molecular flexibility index (Phi) is 4.78. The Morgan fingerprint density at radius 2 is 2.00 bits per heavy atom. The summed E-state index contributed by atoms with van der Waals surface area (Å²) in [5.74, 6) is -0.412. The largest absolute Gasteiger partial charge is 0.508 e. The molecule has 20 heavy (non-hydrogen) atoms. The average Bonchev–Trinajstić information content (AvgIpc) is 2.74. The zero-order valence-electron chi connectivity index (χ0n) is 12.0. The van der Waals surface area contributed by atoms with Crippen LogP contribution in [-0.4, -0.2) is 11.1 Å². The molecule has 0 bridgehead atoms. The Hall–Kier alpha value is -1.39. The van der Waals surface area contributed by atoms with Gasteiger partial charge in [-0.3, -0.25) is 0 Å². The van der Waals surface area contributed by atoms with Crippen LogP contribution >= 0.6 is 11.3 Å². The summed E-state index contributed by atoms with van der Waals surface area (Å²) in [7, 11) is 0. The first-order valence-corrected chi connectivity index (χ1v) is 7.57. The molecule has 0 saturated heterocycles. The van der Waals surface area contributed by atoms with Crippen molar-refractivity contribution in [1.29, 1.82) is 0 Å². The molecule has 0 aliphatic rings. The molecule has 1 aromatic heterocycles. The minimum atomic E-state index is -0.416. The zero-order valence-corrected chi connectivity index (χ0v) is 12.8. The van der Waals surface area contributed by atoms with E-state index < -0.39 is 5.82 Å². The first-order chi connectivity index (χ1) is 9.45. The van der Waals surface area contributed by atoms with Gasteiger partial charge in [0.05, 0.1) is 0 Å². The van der Waals surface area contributed by atoms with Gasteiger partial charge in [-0.25, -0.2) is 4.39 Å². The molecule has 2 aromatic rings. The number of thiophene rings is 1. The third-order valence-corrected chi connectivity index (χ3v) is 4.32. The first-order valence-electron chi connectivity index (χ1n) is 6.75. The fraction of sp³-hybridized carbons (Fsp3) is 0.375. The summed E-state index contributed by atoms with van der Waals surface area (Å²) in [4.78, 5) is 2.66. The Bertz CT molecular complexity index is 582. The van der Waals surface area contributed by atoms with Crippen molar-refractivity contribution < 1.29 is 9.50 Å². The molecule has 4 heteroatoms. The van der Waals surface area contributed by atoms with Crippen LogP contribution in [0.1, 0.15) is 35.2 Å². The Morgan fingerprint density at radius 3 is 2.60 bits per heavy atom. The fourth-order valence-electron chi connectivity index (χ4n) is 2.36. The van der Waals surface area contributed by atoms with Gasteiger partial charge in [-0.1, -0.05) is 6.07 Å². The molecule has 1 heterocycles. The van der Waals surface area contributed by atoms with Crippen LogP contribution in [0.25, 0.3) is 0 Å². The summed E-state index contributed by atoms with van der Waals surface area (Å²) < 4.78 is 13.0. The normalized spacial score (nSPS) is 14.2. The third kappa shape index (κ3) is 3.81. The molecule has 0 aliphatic carbocycles. The molecule has 0 radical (unpaired) electrons. The predicted molar refractivity (Wildman–Crippen MR) is 81.8 cm³/mol. The summed E-state index contributed by atoms with van der Waals surface area (Å²) in [6.45, 7) is 6.20. The third-order valence-electron chi connectivity index (χ3n) is 3.30. The summed E-state index contributed by atoms with van der Waals surface area (Å²) >= 11 is 1.81. The molecule has 2 N–H and O–H groups in total. The second kappa shape index (κ2) is 6.37. The molecule has 0 spiro atoms. The van der Waals surface area contributed by atoms with Gasteiger partial charge in [0, 0.05) is 33.5 Å². The summed E-state index contributed by atoms with van der Waals surface area (Å²) in [5.41, 5.74) is 0.723. The van der Waals surface area contributed by atoms with Gasteiger partial charge in [0.1, 0.15) is 11.6 Å². The van der Waals surface area contributed by atoms with Gasteiger partial charge < -0.3 is 10.4 Å². The van der Waals surface area contributed by atoms with Gasteiger partial charge in [-0.05, 0) is 45.4 Å². The van der Waals surface area contributed by atoms with E-state index in [2.05, 4.69) is 31.3 Å². The smallest absolute Gasteiger partial charge is 0.126 e. The number of phenols is 1. The number of hydrogen-bond donors (Lipinski definition) is 2. The van der Waals surface area contributed by atoms with E-state index in [-0.39, 0.29) is 17.8 Å². The highest BCUT2D eigenvalue weighted by Crippen LogP contribution is 2.25. The van der Waals surface area contributed by atoms with Crippen LogP contribution in [0.3, 0.4) is 0 Å². The number of nitrogens with one attached hydrogen (secondary N) is 1. The average molecular weight is 293 g/mol. The van der Waals surface area contributed by atoms with E-state index in [0.29, 0.717) is 0 Å². The van der Waals surface area contributed by atoms with E-state index in [1.807, 2.05) is 6.92 Å². The van der Waals surface area contributed by atoms with Gasteiger partial charge in [-0.2, -0.15) is 0 Å². The van der Waals surface area contributed by atoms with Crippen LogP contribution in [0.5, 0.6) is 5.75 Å². The van der Waals surface area contributed by atoms with Crippen molar-refractivity contribution in [2.24, 2.45) is 0 Å². The lowest BCUT2D eigenvalue weighted by atomic mass is 10.1. The molecule has 0 aliphatic heterocycles. The van der Waals surface area contributed by atoms with Crippen molar-refractivity contribution in [3.05, 3.63) is 51.5 Å². The molecule has 2 unspecified atom stereocenters. The Labute approximate surface area is 123 Å². The van der Waals surface area contributed by atoms with Crippen LogP contribution in [-0.2, 0) is 6.42 Å². The fourth-order valence-corrected chi connectivity index (χ4v) is 3.37. The van der Waals surface area contributed by atoms with E-state index in [1.165, 1.54) is 15.8 Å². The zero-order chi connectivity index (χ0) is 14.7. The van der Waals surface area contributed by atoms with Gasteiger partial charge in [0.25, 0.3) is 0 Å².